The number of aromatic nitrogens is 4. The minimum Gasteiger partial charge on any atom is -0.473 e. The fourth-order valence-electron chi connectivity index (χ4n) is 3.00. The van der Waals surface area contributed by atoms with E-state index in [1.54, 1.807) is 37.4 Å². The second-order valence-corrected chi connectivity index (χ2v) is 6.87. The number of carbonyl (C=O) groups excluding carboxylic acids is 1. The molecule has 0 aliphatic rings. The van der Waals surface area contributed by atoms with Crippen LogP contribution in [0.2, 0.25) is 0 Å². The van der Waals surface area contributed by atoms with E-state index < -0.39 is 0 Å². The van der Waals surface area contributed by atoms with Crippen molar-refractivity contribution >= 4 is 5.91 Å². The first-order chi connectivity index (χ1) is 15.1. The number of hydrogen-bond acceptors (Lipinski definition) is 5. The van der Waals surface area contributed by atoms with Gasteiger partial charge in [-0.05, 0) is 48.4 Å². The van der Waals surface area contributed by atoms with E-state index in [0.29, 0.717) is 23.9 Å². The van der Waals surface area contributed by atoms with E-state index in [0.717, 1.165) is 11.1 Å². The van der Waals surface area contributed by atoms with Crippen LogP contribution >= 0.6 is 0 Å². The molecular formula is C23H20FN5O2. The van der Waals surface area contributed by atoms with Crippen LogP contribution in [0.5, 0.6) is 5.88 Å². The average Bonchev–Trinajstić information content (AvgIpc) is 3.19. The molecule has 1 amide bonds. The van der Waals surface area contributed by atoms with Gasteiger partial charge in [-0.1, -0.05) is 35.5 Å². The predicted molar refractivity (Wildman–Crippen MR) is 112 cm³/mol. The van der Waals surface area contributed by atoms with Crippen LogP contribution in [0.25, 0.3) is 5.69 Å². The summed E-state index contributed by atoms with van der Waals surface area (Å²) in [6.07, 6.45) is 1.64. The molecule has 7 nitrogen and oxygen atoms in total. The number of amides is 1. The molecule has 8 heteroatoms. The molecule has 0 spiro atoms. The summed E-state index contributed by atoms with van der Waals surface area (Å²) < 4.78 is 20.4. The zero-order valence-electron chi connectivity index (χ0n) is 16.8. The van der Waals surface area contributed by atoms with Crippen LogP contribution in [0.4, 0.5) is 4.39 Å². The summed E-state index contributed by atoms with van der Waals surface area (Å²) in [6, 6.07) is 19.2. The van der Waals surface area contributed by atoms with Crippen molar-refractivity contribution < 1.29 is 13.9 Å². The molecule has 0 atom stereocenters. The minimum absolute atomic E-state index is 0.207. The first kappa shape index (κ1) is 20.2. The fourth-order valence-corrected chi connectivity index (χ4v) is 3.00. The number of ether oxygens (including phenoxy) is 1. The second kappa shape index (κ2) is 9.17. The van der Waals surface area contributed by atoms with E-state index in [2.05, 4.69) is 20.6 Å². The Bertz CT molecular complexity index is 1180. The Kier molecular flexibility index (Phi) is 5.98. The highest BCUT2D eigenvalue weighted by Gasteiger charge is 2.17. The number of hydrogen-bond donors (Lipinski definition) is 1. The van der Waals surface area contributed by atoms with Gasteiger partial charge in [0, 0.05) is 18.8 Å². The Morgan fingerprint density at radius 2 is 1.84 bits per heavy atom. The van der Waals surface area contributed by atoms with Gasteiger partial charge in [-0.2, -0.15) is 0 Å². The average molecular weight is 417 g/mol. The lowest BCUT2D eigenvalue weighted by Gasteiger charge is -2.08. The smallest absolute Gasteiger partial charge is 0.274 e. The van der Waals surface area contributed by atoms with Gasteiger partial charge >= 0.3 is 0 Å². The molecule has 4 rings (SSSR count). The van der Waals surface area contributed by atoms with Gasteiger partial charge in [-0.25, -0.2) is 14.1 Å². The van der Waals surface area contributed by atoms with Gasteiger partial charge in [-0.3, -0.25) is 4.79 Å². The molecule has 0 aliphatic carbocycles. The van der Waals surface area contributed by atoms with Crippen LogP contribution < -0.4 is 10.1 Å². The zero-order valence-corrected chi connectivity index (χ0v) is 16.8. The summed E-state index contributed by atoms with van der Waals surface area (Å²) in [5, 5.41) is 10.8. The van der Waals surface area contributed by atoms with E-state index in [1.807, 2.05) is 30.3 Å². The third-order valence-electron chi connectivity index (χ3n) is 4.66. The SMILES string of the molecule is Cc1c(C(=O)NCc2ccnc(OCc3ccccc3)c2)nnn1-c1ccc(F)cc1. The molecule has 0 bridgehead atoms. The molecule has 0 fully saturated rings. The van der Waals surface area contributed by atoms with Gasteiger partial charge in [0.15, 0.2) is 5.69 Å². The van der Waals surface area contributed by atoms with E-state index in [9.17, 15) is 9.18 Å². The van der Waals surface area contributed by atoms with Crippen molar-refractivity contribution in [1.29, 1.82) is 0 Å². The van der Waals surface area contributed by atoms with Gasteiger partial charge in [0.05, 0.1) is 11.4 Å². The molecule has 0 aliphatic heterocycles. The number of nitrogens with zero attached hydrogens (tertiary/aromatic N) is 4. The highest BCUT2D eigenvalue weighted by atomic mass is 19.1. The standard InChI is InChI=1S/C23H20FN5O2/c1-16-22(27-28-29(16)20-9-7-19(24)8-10-20)23(30)26-14-18-11-12-25-21(13-18)31-15-17-5-3-2-4-6-17/h2-13H,14-15H2,1H3,(H,26,30). The van der Waals surface area contributed by atoms with Crippen molar-refractivity contribution in [1.82, 2.24) is 25.3 Å². The molecule has 0 saturated heterocycles. The first-order valence-corrected chi connectivity index (χ1v) is 9.68. The van der Waals surface area contributed by atoms with Crippen LogP contribution in [0.15, 0.2) is 72.9 Å². The van der Waals surface area contributed by atoms with E-state index >= 15 is 0 Å². The van der Waals surface area contributed by atoms with E-state index in [1.165, 1.54) is 16.8 Å². The van der Waals surface area contributed by atoms with Crippen molar-refractivity contribution in [2.45, 2.75) is 20.1 Å². The molecule has 0 saturated carbocycles. The van der Waals surface area contributed by atoms with Crippen LogP contribution in [0.3, 0.4) is 0 Å². The third kappa shape index (κ3) is 4.92. The molecule has 1 N–H and O–H groups in total. The third-order valence-corrected chi connectivity index (χ3v) is 4.66. The summed E-state index contributed by atoms with van der Waals surface area (Å²) in [5.74, 6) is -0.215. The van der Waals surface area contributed by atoms with Crippen molar-refractivity contribution in [3.63, 3.8) is 0 Å². The zero-order chi connectivity index (χ0) is 21.6. The number of pyridine rings is 1. The summed E-state index contributed by atoms with van der Waals surface area (Å²) in [7, 11) is 0. The monoisotopic (exact) mass is 417 g/mol. The summed E-state index contributed by atoms with van der Waals surface area (Å²) in [6.45, 7) is 2.43. The Morgan fingerprint density at radius 1 is 1.06 bits per heavy atom. The van der Waals surface area contributed by atoms with Crippen LogP contribution in [0, 0.1) is 12.7 Å². The van der Waals surface area contributed by atoms with E-state index in [4.69, 9.17) is 4.74 Å². The van der Waals surface area contributed by atoms with Gasteiger partial charge < -0.3 is 10.1 Å². The van der Waals surface area contributed by atoms with Gasteiger partial charge in [-0.15, -0.1) is 5.10 Å². The molecule has 156 valence electrons. The van der Waals surface area contributed by atoms with E-state index in [-0.39, 0.29) is 24.0 Å². The molecule has 0 radical (unpaired) electrons. The number of nitrogens with one attached hydrogen (secondary N) is 1. The molecule has 2 aromatic heterocycles. The lowest BCUT2D eigenvalue weighted by molar-refractivity contribution is 0.0945. The minimum atomic E-state index is -0.352. The number of carbonyl (C=O) groups is 1. The maximum atomic E-state index is 13.1. The predicted octanol–water partition coefficient (Wildman–Crippen LogP) is 3.62. The summed E-state index contributed by atoms with van der Waals surface area (Å²) in [4.78, 5) is 16.8. The second-order valence-electron chi connectivity index (χ2n) is 6.87. The normalized spacial score (nSPS) is 10.6. The fraction of sp³-hybridized carbons (Fsp3) is 0.130. The van der Waals surface area contributed by atoms with Gasteiger partial charge in [0.2, 0.25) is 5.88 Å². The maximum Gasteiger partial charge on any atom is 0.274 e. The van der Waals surface area contributed by atoms with Crippen molar-refractivity contribution in [2.75, 3.05) is 0 Å². The molecule has 2 aromatic carbocycles. The lowest BCUT2D eigenvalue weighted by Crippen LogP contribution is -2.24. The number of halogens is 1. The summed E-state index contributed by atoms with van der Waals surface area (Å²) in [5.41, 5.74) is 3.28. The maximum absolute atomic E-state index is 13.1. The highest BCUT2D eigenvalue weighted by molar-refractivity contribution is 5.93. The Hall–Kier alpha value is -4.07. The molecule has 4 aromatic rings. The van der Waals surface area contributed by atoms with Crippen LogP contribution in [-0.2, 0) is 13.2 Å². The highest BCUT2D eigenvalue weighted by Crippen LogP contribution is 2.14. The summed E-state index contributed by atoms with van der Waals surface area (Å²) >= 11 is 0. The Morgan fingerprint density at radius 3 is 2.61 bits per heavy atom. The quantitative estimate of drug-likeness (QED) is 0.497. The van der Waals surface area contributed by atoms with Crippen LogP contribution in [0.1, 0.15) is 27.3 Å². The molecule has 0 unspecified atom stereocenters. The van der Waals surface area contributed by atoms with Crippen molar-refractivity contribution in [2.24, 2.45) is 0 Å². The Balaban J connectivity index is 1.38. The topological polar surface area (TPSA) is 81.9 Å². The van der Waals surface area contributed by atoms with Gasteiger partial charge in [0.25, 0.3) is 5.91 Å². The van der Waals surface area contributed by atoms with Crippen molar-refractivity contribution in [3.05, 3.63) is 101 Å². The molecular weight excluding hydrogens is 397 g/mol. The van der Waals surface area contributed by atoms with Gasteiger partial charge in [0.1, 0.15) is 12.4 Å². The number of benzene rings is 2. The van der Waals surface area contributed by atoms with Crippen molar-refractivity contribution in [3.8, 4) is 11.6 Å². The largest absolute Gasteiger partial charge is 0.473 e. The molecule has 2 heterocycles. The molecule has 31 heavy (non-hydrogen) atoms. The lowest BCUT2D eigenvalue weighted by atomic mass is 10.2. The first-order valence-electron chi connectivity index (χ1n) is 9.68. The van der Waals surface area contributed by atoms with Crippen LogP contribution in [-0.4, -0.2) is 25.9 Å². The Labute approximate surface area is 178 Å². The number of rotatable bonds is 7.